The summed E-state index contributed by atoms with van der Waals surface area (Å²) in [5.74, 6) is -1.92. The van der Waals surface area contributed by atoms with Gasteiger partial charge in [-0.15, -0.1) is 0 Å². The van der Waals surface area contributed by atoms with Crippen LogP contribution in [0.25, 0.3) is 87.2 Å². The molecule has 4 amide bonds. The minimum atomic E-state index is -1.60. The van der Waals surface area contributed by atoms with Crippen LogP contribution in [0.15, 0.2) is 97.1 Å². The van der Waals surface area contributed by atoms with E-state index >= 15 is 0 Å². The molecule has 0 radical (unpaired) electrons. The number of benzene rings is 6. The van der Waals surface area contributed by atoms with Crippen LogP contribution in [-0.4, -0.2) is 212 Å². The molecule has 14 rings (SSSR count). The molecule has 0 saturated carbocycles. The van der Waals surface area contributed by atoms with E-state index < -0.39 is 98.3 Å². The number of imide groups is 2. The normalized spacial score (nSPS) is 24.6. The van der Waals surface area contributed by atoms with Crippen molar-refractivity contribution < 1.29 is 78.4 Å². The highest BCUT2D eigenvalue weighted by Crippen LogP contribution is 2.47. The van der Waals surface area contributed by atoms with Crippen molar-refractivity contribution in [3.05, 3.63) is 119 Å². The minimum Gasteiger partial charge on any atom is -0.394 e. The molecular weight excluding hydrogens is 1100 g/mol. The number of rotatable bonds is 18. The molecule has 0 bridgehead atoms. The van der Waals surface area contributed by atoms with Crippen molar-refractivity contribution in [1.82, 2.24) is 39.9 Å². The molecule has 2 saturated heterocycles. The fraction of sp³-hybridized carbons (Fsp3) is 0.344. The molecule has 24 nitrogen and oxygen atoms in total. The molecule has 10 N–H and O–H groups in total. The molecule has 24 heteroatoms. The van der Waals surface area contributed by atoms with E-state index in [4.69, 9.17) is 28.6 Å². The van der Waals surface area contributed by atoms with Crippen LogP contribution < -0.4 is 20.3 Å². The summed E-state index contributed by atoms with van der Waals surface area (Å²) in [6.45, 7) is 0.553. The van der Waals surface area contributed by atoms with Crippen LogP contribution in [0, 0.1) is 0 Å². The molecule has 6 aromatic carbocycles. The maximum atomic E-state index is 14.8. The Hall–Kier alpha value is -8.08. The van der Waals surface area contributed by atoms with Gasteiger partial charge in [-0.1, -0.05) is 72.8 Å². The predicted molar refractivity (Wildman–Crippen MR) is 309 cm³/mol. The quantitative estimate of drug-likeness (QED) is 0.0436. The molecule has 0 spiro atoms. The Morgan fingerprint density at radius 3 is 1.24 bits per heavy atom. The van der Waals surface area contributed by atoms with Gasteiger partial charge in [0.25, 0.3) is 36.2 Å². The van der Waals surface area contributed by atoms with E-state index in [1.807, 2.05) is 60.7 Å². The van der Waals surface area contributed by atoms with Gasteiger partial charge in [-0.2, -0.15) is 9.46 Å². The smallest absolute Gasteiger partial charge is 0.262 e. The number of fused-ring (bicyclic) bond motifs is 20. The van der Waals surface area contributed by atoms with Gasteiger partial charge >= 0.3 is 0 Å². The first-order valence-corrected chi connectivity index (χ1v) is 28.2. The summed E-state index contributed by atoms with van der Waals surface area (Å²) in [6, 6.07) is 29.2. The van der Waals surface area contributed by atoms with E-state index in [1.54, 1.807) is 36.4 Å². The molecular formula is C61H60N8O16. The van der Waals surface area contributed by atoms with Crippen LogP contribution in [0.5, 0.6) is 0 Å². The number of nitrogens with one attached hydrogen (secondary N) is 4. The molecule has 440 valence electrons. The van der Waals surface area contributed by atoms with Crippen molar-refractivity contribution in [2.24, 2.45) is 0 Å². The number of nitrogens with zero attached hydrogens (tertiary/aromatic N) is 4. The highest BCUT2D eigenvalue weighted by atomic mass is 16.8. The third-order valence-electron chi connectivity index (χ3n) is 17.2. The van der Waals surface area contributed by atoms with E-state index in [9.17, 15) is 49.8 Å². The van der Waals surface area contributed by atoms with Gasteiger partial charge in [0.2, 0.25) is 0 Å². The third kappa shape index (κ3) is 8.27. The summed E-state index contributed by atoms with van der Waals surface area (Å²) < 4.78 is 25.5. The average molecular weight is 1160 g/mol. The second-order valence-electron chi connectivity index (χ2n) is 21.8. The SMILES string of the molecule is CO[C@H]1[C@H](O)[C@@H](O)[C@H](On2c3ccccc3c3c4c(c5c6ccccc6[nH]c5c32)C(=O)N(CCNCCCNCCN2C(=O)c3c(c5c6ccccc6n(O[C@@H]6O[C@H](CO)[C@@H](OC)[C@H](O)[C@H]6O)c5c5[nH]c6ccccc6c35)C2=O)C4=O)O[C@@H]1CO. The van der Waals surface area contributed by atoms with Gasteiger partial charge in [0.1, 0.15) is 59.9 Å². The number of aromatic amines is 2. The molecule has 10 aromatic rings. The number of methoxy groups -OCH3 is 2. The Morgan fingerprint density at radius 2 is 0.847 bits per heavy atom. The lowest BCUT2D eigenvalue weighted by molar-refractivity contribution is -0.301. The molecule has 4 aliphatic heterocycles. The second kappa shape index (κ2) is 21.5. The summed E-state index contributed by atoms with van der Waals surface area (Å²) in [4.78, 5) is 81.4. The maximum Gasteiger partial charge on any atom is 0.262 e. The van der Waals surface area contributed by atoms with Crippen molar-refractivity contribution >= 4 is 111 Å². The highest BCUT2D eigenvalue weighted by Gasteiger charge is 2.49. The Balaban J connectivity index is 0.673. The zero-order valence-electron chi connectivity index (χ0n) is 45.9. The molecule has 0 unspecified atom stereocenters. The predicted octanol–water partition coefficient (Wildman–Crippen LogP) is 2.40. The van der Waals surface area contributed by atoms with E-state index in [1.165, 1.54) is 33.5 Å². The van der Waals surface area contributed by atoms with Gasteiger partial charge in [0.05, 0.1) is 57.5 Å². The van der Waals surface area contributed by atoms with E-state index in [0.717, 1.165) is 0 Å². The zero-order chi connectivity index (χ0) is 58.7. The van der Waals surface area contributed by atoms with E-state index in [-0.39, 0.29) is 48.4 Å². The zero-order valence-corrected chi connectivity index (χ0v) is 45.9. The summed E-state index contributed by atoms with van der Waals surface area (Å²) in [7, 11) is 2.67. The maximum absolute atomic E-state index is 14.8. The van der Waals surface area contributed by atoms with E-state index in [0.29, 0.717) is 107 Å². The standard InChI is InChI=1S/C61H60N8O16/c1-80-54-36(26-70)82-60(52(74)50(54)72)84-68-34-18-9-5-14-30(34)40-44-42(38-28-12-3-7-16-32(28)64-46(38)48(40)68)56(76)66(58(44)78)24-22-62-20-11-21-63-23-25-67-57(77)43-39-29-13-4-8-17-33(29)65-47(39)49-41(45(43)59(67)79)31-15-6-10-19-35(31)69(49)85-61-53(75)51(73)55(81-2)37(27-71)83-61/h3-10,12-19,36-37,50-55,60-65,70-75H,11,20-27H2,1-2H3/t36-,37-,50-,51-,52-,53-,54-,55-,60+,61+/m1/s1. The molecule has 8 heterocycles. The molecule has 0 aliphatic carbocycles. The first-order chi connectivity index (χ1) is 41.4. The highest BCUT2D eigenvalue weighted by molar-refractivity contribution is 6.40. The number of aromatic nitrogens is 4. The van der Waals surface area contributed by atoms with Gasteiger partial charge in [-0.3, -0.25) is 29.0 Å². The minimum absolute atomic E-state index is 0.0450. The van der Waals surface area contributed by atoms with Crippen molar-refractivity contribution in [2.75, 3.05) is 66.7 Å². The molecule has 85 heavy (non-hydrogen) atoms. The topological polar surface area (TPSA) is 317 Å². The number of carbonyl (C=O) groups is 4. The number of amides is 4. The first-order valence-electron chi connectivity index (χ1n) is 28.2. The summed E-state index contributed by atoms with van der Waals surface area (Å²) >= 11 is 0. The summed E-state index contributed by atoms with van der Waals surface area (Å²) in [5.41, 5.74) is 5.03. The van der Waals surface area contributed by atoms with E-state index in [2.05, 4.69) is 20.6 Å². The van der Waals surface area contributed by atoms with Crippen LogP contribution in [0.3, 0.4) is 0 Å². The number of aliphatic hydroxyl groups excluding tert-OH is 6. The number of carbonyl (C=O) groups excluding carboxylic acids is 4. The third-order valence-corrected chi connectivity index (χ3v) is 17.2. The number of aliphatic hydroxyl groups is 6. The Labute approximate surface area is 481 Å². The van der Waals surface area contributed by atoms with Gasteiger partial charge in [-0.25, -0.2) is 0 Å². The van der Waals surface area contributed by atoms with Gasteiger partial charge in [-0.05, 0) is 43.8 Å². The Morgan fingerprint density at radius 1 is 0.482 bits per heavy atom. The monoisotopic (exact) mass is 1160 g/mol. The summed E-state index contributed by atoms with van der Waals surface area (Å²) in [6.07, 6.45) is -12.7. The van der Waals surface area contributed by atoms with Gasteiger partial charge in [0.15, 0.2) is 0 Å². The average Bonchev–Trinajstić information content (AvgIpc) is 1.57. The Bertz CT molecular complexity index is 4080. The van der Waals surface area contributed by atoms with Crippen molar-refractivity contribution in [3.63, 3.8) is 0 Å². The fourth-order valence-corrected chi connectivity index (χ4v) is 13.3. The number of H-pyrrole nitrogens is 2. The van der Waals surface area contributed by atoms with Gasteiger partial charge < -0.3 is 79.9 Å². The van der Waals surface area contributed by atoms with Crippen molar-refractivity contribution in [3.8, 4) is 0 Å². The largest absolute Gasteiger partial charge is 0.394 e. The number of hydrogen-bond acceptors (Lipinski definition) is 18. The number of hydrogen-bond donors (Lipinski definition) is 10. The first kappa shape index (κ1) is 54.8. The molecule has 10 atom stereocenters. The van der Waals surface area contributed by atoms with Crippen molar-refractivity contribution in [1.29, 1.82) is 0 Å². The fourth-order valence-electron chi connectivity index (χ4n) is 13.3. The van der Waals surface area contributed by atoms with Crippen LogP contribution >= 0.6 is 0 Å². The number of para-hydroxylation sites is 4. The van der Waals surface area contributed by atoms with Gasteiger partial charge in [0, 0.05) is 94.5 Å². The lowest BCUT2D eigenvalue weighted by atomic mass is 9.97. The van der Waals surface area contributed by atoms with Crippen LogP contribution in [0.2, 0.25) is 0 Å². The molecule has 4 aliphatic rings. The lowest BCUT2D eigenvalue weighted by Gasteiger charge is -2.40. The molecule has 2 fully saturated rings. The van der Waals surface area contributed by atoms with Crippen molar-refractivity contribution in [2.45, 2.75) is 67.8 Å². The number of ether oxygens (including phenoxy) is 4. The van der Waals surface area contributed by atoms with Crippen LogP contribution in [-0.2, 0) is 18.9 Å². The summed E-state index contributed by atoms with van der Waals surface area (Å²) in [5, 5.41) is 76.1. The second-order valence-corrected chi connectivity index (χ2v) is 21.8. The van der Waals surface area contributed by atoms with Crippen LogP contribution in [0.4, 0.5) is 0 Å². The van der Waals surface area contributed by atoms with Crippen LogP contribution in [0.1, 0.15) is 47.9 Å². The molecule has 4 aromatic heterocycles. The lowest BCUT2D eigenvalue weighted by Crippen LogP contribution is -2.61. The Kier molecular flexibility index (Phi) is 13.8.